The summed E-state index contributed by atoms with van der Waals surface area (Å²) in [6, 6.07) is 29.5. The Hall–Kier alpha value is -4.51. The molecule has 0 fully saturated rings. The van der Waals surface area contributed by atoms with Gasteiger partial charge in [0.15, 0.2) is 5.60 Å². The van der Waals surface area contributed by atoms with Gasteiger partial charge >= 0.3 is 0 Å². The molecule has 0 bridgehead atoms. The molecule has 0 radical (unpaired) electrons. The number of methoxy groups -OCH3 is 1. The van der Waals surface area contributed by atoms with Crippen molar-refractivity contribution in [2.75, 3.05) is 19.0 Å². The third-order valence-electron chi connectivity index (χ3n) is 8.39. The van der Waals surface area contributed by atoms with E-state index in [-0.39, 0.29) is 11.1 Å². The maximum Gasteiger partial charge on any atom is 0.216 e. The monoisotopic (exact) mass is 556 g/mol. The van der Waals surface area contributed by atoms with Crippen LogP contribution in [0, 0.1) is 0 Å². The highest BCUT2D eigenvalue weighted by atomic mass is 16.5. The van der Waals surface area contributed by atoms with Crippen molar-refractivity contribution in [2.24, 2.45) is 4.99 Å². The Kier molecular flexibility index (Phi) is 5.81. The van der Waals surface area contributed by atoms with E-state index in [0.717, 1.165) is 56.1 Å². The second-order valence-electron chi connectivity index (χ2n) is 12.7. The molecular weight excluding hydrogens is 520 g/mol. The molecule has 1 unspecified atom stereocenters. The van der Waals surface area contributed by atoms with Crippen molar-refractivity contribution in [3.05, 3.63) is 119 Å². The molecule has 0 saturated carbocycles. The molecule has 0 spiro atoms. The molecular formula is C37H36N2O3. The van der Waals surface area contributed by atoms with Crippen LogP contribution in [0.2, 0.25) is 0 Å². The summed E-state index contributed by atoms with van der Waals surface area (Å²) in [4.78, 5) is 4.89. The molecule has 0 saturated heterocycles. The third-order valence-corrected chi connectivity index (χ3v) is 8.39. The summed E-state index contributed by atoms with van der Waals surface area (Å²) in [6.45, 7) is 11.3. The Morgan fingerprint density at radius 3 is 2.33 bits per heavy atom. The third kappa shape index (κ3) is 4.02. The highest BCUT2D eigenvalue weighted by molar-refractivity contribution is 5.97. The first-order valence-corrected chi connectivity index (χ1v) is 14.5. The molecule has 0 aliphatic carbocycles. The lowest BCUT2D eigenvalue weighted by atomic mass is 9.70. The second-order valence-corrected chi connectivity index (χ2v) is 12.7. The molecule has 3 heterocycles. The highest BCUT2D eigenvalue weighted by Gasteiger charge is 2.48. The van der Waals surface area contributed by atoms with E-state index in [0.29, 0.717) is 12.5 Å². The standard InChI is InChI=1S/C37H36N2O3/c1-23-21-35(2,3)38-28-19-18-27-32-29(40-6)16-11-17-30(32)42-37(33(27)31(23)28,25-13-8-7-9-14-25)26-15-10-12-24(20-26)34-39-36(4,5)22-41-34/h7-21,38H,22H2,1-6H3. The lowest BCUT2D eigenvalue weighted by Crippen LogP contribution is -2.41. The van der Waals surface area contributed by atoms with Crippen molar-refractivity contribution >= 4 is 17.2 Å². The largest absolute Gasteiger partial charge is 0.496 e. The van der Waals surface area contributed by atoms with E-state index in [2.05, 4.69) is 107 Å². The summed E-state index contributed by atoms with van der Waals surface area (Å²) in [5, 5.41) is 3.77. The Labute approximate surface area is 247 Å². The van der Waals surface area contributed by atoms with Crippen molar-refractivity contribution in [2.45, 2.75) is 51.3 Å². The SMILES string of the molecule is COc1cccc2c1-c1ccc3c(c1C(c1ccccc1)(c1cccc(C4=NC(C)(C)CO4)c1)O2)C(C)=CC(C)(C)N3. The Morgan fingerprint density at radius 1 is 0.833 bits per heavy atom. The fraction of sp³-hybridized carbons (Fsp3) is 0.270. The van der Waals surface area contributed by atoms with E-state index in [1.165, 1.54) is 5.57 Å². The van der Waals surface area contributed by atoms with Gasteiger partial charge in [0, 0.05) is 33.5 Å². The summed E-state index contributed by atoms with van der Waals surface area (Å²) in [7, 11) is 1.72. The Bertz CT molecular complexity index is 1780. The van der Waals surface area contributed by atoms with E-state index in [9.17, 15) is 0 Å². The quantitative estimate of drug-likeness (QED) is 0.275. The smallest absolute Gasteiger partial charge is 0.216 e. The van der Waals surface area contributed by atoms with Gasteiger partial charge in [0.2, 0.25) is 5.90 Å². The molecule has 5 heteroatoms. The number of nitrogens with zero attached hydrogens (tertiary/aromatic N) is 1. The van der Waals surface area contributed by atoms with Gasteiger partial charge in [-0.2, -0.15) is 0 Å². The van der Waals surface area contributed by atoms with Gasteiger partial charge in [0.25, 0.3) is 0 Å². The minimum Gasteiger partial charge on any atom is -0.496 e. The topological polar surface area (TPSA) is 52.1 Å². The molecule has 1 N–H and O–H groups in total. The van der Waals surface area contributed by atoms with Gasteiger partial charge in [-0.1, -0.05) is 60.7 Å². The number of rotatable bonds is 4. The van der Waals surface area contributed by atoms with Crippen LogP contribution in [0.25, 0.3) is 16.7 Å². The van der Waals surface area contributed by atoms with E-state index < -0.39 is 5.60 Å². The van der Waals surface area contributed by atoms with Gasteiger partial charge in [0.1, 0.15) is 18.1 Å². The molecule has 7 rings (SSSR count). The number of hydrogen-bond acceptors (Lipinski definition) is 5. The zero-order chi connectivity index (χ0) is 29.3. The Balaban J connectivity index is 1.60. The average molecular weight is 557 g/mol. The molecule has 3 aliphatic heterocycles. The second kappa shape index (κ2) is 9.25. The van der Waals surface area contributed by atoms with E-state index >= 15 is 0 Å². The summed E-state index contributed by atoms with van der Waals surface area (Å²) >= 11 is 0. The maximum atomic E-state index is 7.37. The van der Waals surface area contributed by atoms with E-state index in [1.54, 1.807) is 7.11 Å². The van der Waals surface area contributed by atoms with Crippen molar-refractivity contribution in [3.63, 3.8) is 0 Å². The molecule has 4 aromatic carbocycles. The number of ether oxygens (including phenoxy) is 3. The number of nitrogens with one attached hydrogen (secondary N) is 1. The van der Waals surface area contributed by atoms with Gasteiger partial charge in [-0.25, -0.2) is 4.99 Å². The van der Waals surface area contributed by atoms with Gasteiger partial charge in [-0.15, -0.1) is 0 Å². The minimum atomic E-state index is -0.968. The zero-order valence-electron chi connectivity index (χ0n) is 25.0. The van der Waals surface area contributed by atoms with Crippen molar-refractivity contribution in [1.29, 1.82) is 0 Å². The van der Waals surface area contributed by atoms with Crippen LogP contribution in [-0.4, -0.2) is 30.7 Å². The summed E-state index contributed by atoms with van der Waals surface area (Å²) in [5.41, 5.74) is 8.14. The lowest BCUT2D eigenvalue weighted by molar-refractivity contribution is 0.151. The number of allylic oxidation sites excluding steroid dienone is 1. The average Bonchev–Trinajstić information content (AvgIpc) is 3.35. The van der Waals surface area contributed by atoms with Crippen LogP contribution < -0.4 is 14.8 Å². The molecule has 1 atom stereocenters. The summed E-state index contributed by atoms with van der Waals surface area (Å²) < 4.78 is 19.4. The van der Waals surface area contributed by atoms with Crippen LogP contribution in [0.4, 0.5) is 5.69 Å². The first-order valence-electron chi connectivity index (χ1n) is 14.5. The van der Waals surface area contributed by atoms with Gasteiger partial charge in [0.05, 0.1) is 23.8 Å². The molecule has 4 aromatic rings. The number of fused-ring (bicyclic) bond motifs is 5. The number of aliphatic imine (C=N–C) groups is 1. The first kappa shape index (κ1) is 26.4. The normalized spacial score (nSPS) is 20.9. The maximum absolute atomic E-state index is 7.37. The predicted molar refractivity (Wildman–Crippen MR) is 170 cm³/mol. The summed E-state index contributed by atoms with van der Waals surface area (Å²) in [5.74, 6) is 2.22. The van der Waals surface area contributed by atoms with E-state index in [4.69, 9.17) is 19.2 Å². The van der Waals surface area contributed by atoms with Crippen LogP contribution in [0.3, 0.4) is 0 Å². The van der Waals surface area contributed by atoms with Crippen LogP contribution in [0.15, 0.2) is 96.0 Å². The van der Waals surface area contributed by atoms with Gasteiger partial charge in [-0.05, 0) is 76.1 Å². The van der Waals surface area contributed by atoms with Crippen LogP contribution >= 0.6 is 0 Å². The predicted octanol–water partition coefficient (Wildman–Crippen LogP) is 8.21. The molecule has 0 aromatic heterocycles. The van der Waals surface area contributed by atoms with Crippen LogP contribution in [-0.2, 0) is 10.3 Å². The van der Waals surface area contributed by atoms with Crippen LogP contribution in [0.5, 0.6) is 11.5 Å². The Morgan fingerprint density at radius 2 is 1.60 bits per heavy atom. The molecule has 42 heavy (non-hydrogen) atoms. The fourth-order valence-electron chi connectivity index (χ4n) is 6.78. The van der Waals surface area contributed by atoms with Gasteiger partial charge < -0.3 is 19.5 Å². The number of anilines is 1. The molecule has 5 nitrogen and oxygen atoms in total. The zero-order valence-corrected chi connectivity index (χ0v) is 25.0. The highest BCUT2D eigenvalue weighted by Crippen LogP contribution is 2.57. The van der Waals surface area contributed by atoms with Gasteiger partial charge in [-0.3, -0.25) is 0 Å². The van der Waals surface area contributed by atoms with Crippen LogP contribution in [0.1, 0.15) is 62.4 Å². The van der Waals surface area contributed by atoms with Crippen molar-refractivity contribution < 1.29 is 14.2 Å². The summed E-state index contributed by atoms with van der Waals surface area (Å²) in [6.07, 6.45) is 2.31. The number of hydrogen-bond donors (Lipinski definition) is 1. The minimum absolute atomic E-state index is 0.184. The number of benzene rings is 4. The first-order chi connectivity index (χ1) is 20.1. The molecule has 3 aliphatic rings. The van der Waals surface area contributed by atoms with Crippen molar-refractivity contribution in [1.82, 2.24) is 0 Å². The lowest BCUT2D eigenvalue weighted by Gasteiger charge is -2.45. The molecule has 0 amide bonds. The van der Waals surface area contributed by atoms with Crippen molar-refractivity contribution in [3.8, 4) is 22.6 Å². The molecule has 212 valence electrons. The van der Waals surface area contributed by atoms with E-state index in [1.807, 2.05) is 24.3 Å². The fourth-order valence-corrected chi connectivity index (χ4v) is 6.78.